The Morgan fingerprint density at radius 1 is 0.833 bits per heavy atom. The van der Waals surface area contributed by atoms with E-state index in [4.69, 9.17) is 5.73 Å². The van der Waals surface area contributed by atoms with Gasteiger partial charge < -0.3 is 5.73 Å². The quantitative estimate of drug-likeness (QED) is 0.861. The SMILES string of the molecule is Cc1ccccc1C(N)c1ccc(C)c(F)c1F. The Labute approximate surface area is 105 Å². The van der Waals surface area contributed by atoms with E-state index in [2.05, 4.69) is 0 Å². The van der Waals surface area contributed by atoms with Gasteiger partial charge in [0.1, 0.15) is 0 Å². The normalized spacial score (nSPS) is 12.5. The number of hydrogen-bond donors (Lipinski definition) is 1. The highest BCUT2D eigenvalue weighted by Crippen LogP contribution is 2.26. The highest BCUT2D eigenvalue weighted by Gasteiger charge is 2.18. The molecule has 0 bridgehead atoms. The Morgan fingerprint density at radius 2 is 1.50 bits per heavy atom. The minimum absolute atomic E-state index is 0.187. The lowest BCUT2D eigenvalue weighted by atomic mass is 9.94. The molecule has 0 aliphatic heterocycles. The average molecular weight is 247 g/mol. The second-order valence-electron chi connectivity index (χ2n) is 4.43. The molecule has 0 fully saturated rings. The van der Waals surface area contributed by atoms with Crippen LogP contribution in [-0.2, 0) is 0 Å². The Hall–Kier alpha value is -1.74. The summed E-state index contributed by atoms with van der Waals surface area (Å²) < 4.78 is 27.4. The molecule has 0 heterocycles. The first-order chi connectivity index (χ1) is 8.52. The van der Waals surface area contributed by atoms with Gasteiger partial charge in [-0.2, -0.15) is 0 Å². The minimum atomic E-state index is -0.856. The van der Waals surface area contributed by atoms with Gasteiger partial charge in [-0.05, 0) is 30.5 Å². The Morgan fingerprint density at radius 3 is 2.17 bits per heavy atom. The van der Waals surface area contributed by atoms with E-state index in [1.54, 1.807) is 12.1 Å². The fourth-order valence-electron chi connectivity index (χ4n) is 2.00. The molecular weight excluding hydrogens is 232 g/mol. The Balaban J connectivity index is 2.50. The van der Waals surface area contributed by atoms with Gasteiger partial charge in [0.25, 0.3) is 0 Å². The molecule has 2 aromatic rings. The van der Waals surface area contributed by atoms with Crippen LogP contribution in [0.4, 0.5) is 8.78 Å². The monoisotopic (exact) mass is 247 g/mol. The first-order valence-corrected chi connectivity index (χ1v) is 5.78. The number of benzene rings is 2. The van der Waals surface area contributed by atoms with Crippen molar-refractivity contribution in [1.82, 2.24) is 0 Å². The van der Waals surface area contributed by atoms with E-state index in [0.29, 0.717) is 0 Å². The van der Waals surface area contributed by atoms with Crippen LogP contribution >= 0.6 is 0 Å². The second kappa shape index (κ2) is 4.86. The number of rotatable bonds is 2. The van der Waals surface area contributed by atoms with Gasteiger partial charge in [0.15, 0.2) is 11.6 Å². The smallest absolute Gasteiger partial charge is 0.164 e. The van der Waals surface area contributed by atoms with Crippen LogP contribution in [0.3, 0.4) is 0 Å². The zero-order valence-corrected chi connectivity index (χ0v) is 10.4. The van der Waals surface area contributed by atoms with Crippen molar-refractivity contribution >= 4 is 0 Å². The van der Waals surface area contributed by atoms with Gasteiger partial charge in [0.2, 0.25) is 0 Å². The largest absolute Gasteiger partial charge is 0.320 e. The van der Waals surface area contributed by atoms with Crippen molar-refractivity contribution in [2.45, 2.75) is 19.9 Å². The van der Waals surface area contributed by atoms with Crippen LogP contribution in [0.5, 0.6) is 0 Å². The van der Waals surface area contributed by atoms with Crippen LogP contribution in [0.15, 0.2) is 36.4 Å². The van der Waals surface area contributed by atoms with Crippen molar-refractivity contribution in [1.29, 1.82) is 0 Å². The van der Waals surface area contributed by atoms with E-state index in [1.807, 2.05) is 31.2 Å². The molecule has 0 aromatic heterocycles. The fraction of sp³-hybridized carbons (Fsp3) is 0.200. The van der Waals surface area contributed by atoms with Crippen LogP contribution in [-0.4, -0.2) is 0 Å². The van der Waals surface area contributed by atoms with Crippen LogP contribution < -0.4 is 5.73 Å². The predicted octanol–water partition coefficient (Wildman–Crippen LogP) is 3.63. The summed E-state index contributed by atoms with van der Waals surface area (Å²) in [6.07, 6.45) is 0. The van der Waals surface area contributed by atoms with Gasteiger partial charge >= 0.3 is 0 Å². The van der Waals surface area contributed by atoms with Crippen molar-refractivity contribution in [2.24, 2.45) is 5.73 Å². The number of aryl methyl sites for hydroxylation is 2. The van der Waals surface area contributed by atoms with E-state index in [0.717, 1.165) is 11.1 Å². The molecule has 0 amide bonds. The van der Waals surface area contributed by atoms with E-state index in [9.17, 15) is 8.78 Å². The van der Waals surface area contributed by atoms with E-state index < -0.39 is 17.7 Å². The van der Waals surface area contributed by atoms with Crippen LogP contribution in [0, 0.1) is 25.5 Å². The van der Waals surface area contributed by atoms with Gasteiger partial charge in [0, 0.05) is 5.56 Å². The third kappa shape index (κ3) is 2.14. The molecule has 1 nitrogen and oxygen atoms in total. The predicted molar refractivity (Wildman–Crippen MR) is 68.3 cm³/mol. The zero-order chi connectivity index (χ0) is 13.3. The Bertz CT molecular complexity index is 579. The van der Waals surface area contributed by atoms with Gasteiger partial charge in [0.05, 0.1) is 6.04 Å². The summed E-state index contributed by atoms with van der Waals surface area (Å²) in [4.78, 5) is 0. The molecule has 0 saturated heterocycles. The molecular formula is C15H15F2N. The lowest BCUT2D eigenvalue weighted by molar-refractivity contribution is 0.489. The van der Waals surface area contributed by atoms with E-state index >= 15 is 0 Å². The topological polar surface area (TPSA) is 26.0 Å². The summed E-state index contributed by atoms with van der Waals surface area (Å²) in [6.45, 7) is 3.43. The number of hydrogen-bond acceptors (Lipinski definition) is 1. The zero-order valence-electron chi connectivity index (χ0n) is 10.4. The molecule has 2 aromatic carbocycles. The molecule has 3 heteroatoms. The first-order valence-electron chi connectivity index (χ1n) is 5.78. The Kier molecular flexibility index (Phi) is 3.43. The molecule has 18 heavy (non-hydrogen) atoms. The summed E-state index contributed by atoms with van der Waals surface area (Å²) in [5.74, 6) is -1.68. The number of nitrogens with two attached hydrogens (primary N) is 1. The maximum atomic E-state index is 13.9. The van der Waals surface area contributed by atoms with Gasteiger partial charge in [-0.15, -0.1) is 0 Å². The van der Waals surface area contributed by atoms with Crippen molar-refractivity contribution in [3.63, 3.8) is 0 Å². The summed E-state index contributed by atoms with van der Waals surface area (Å²) >= 11 is 0. The number of halogens is 2. The van der Waals surface area contributed by atoms with Crippen molar-refractivity contribution in [2.75, 3.05) is 0 Å². The summed E-state index contributed by atoms with van der Waals surface area (Å²) in [6, 6.07) is 9.90. The summed E-state index contributed by atoms with van der Waals surface area (Å²) in [5.41, 5.74) is 8.27. The molecule has 0 aliphatic carbocycles. The molecule has 0 saturated carbocycles. The molecule has 1 unspecified atom stereocenters. The summed E-state index contributed by atoms with van der Waals surface area (Å²) in [7, 11) is 0. The first kappa shape index (κ1) is 12.7. The van der Waals surface area contributed by atoms with E-state index in [-0.39, 0.29) is 11.1 Å². The standard InChI is InChI=1S/C15H15F2N/c1-9-5-3-4-6-11(9)15(18)12-8-7-10(2)13(16)14(12)17/h3-8,15H,18H2,1-2H3. The highest BCUT2D eigenvalue weighted by atomic mass is 19.2. The molecule has 0 spiro atoms. The maximum absolute atomic E-state index is 13.9. The molecule has 2 N–H and O–H groups in total. The maximum Gasteiger partial charge on any atom is 0.164 e. The van der Waals surface area contributed by atoms with Crippen LogP contribution in [0.25, 0.3) is 0 Å². The molecule has 1 atom stereocenters. The molecule has 0 aliphatic rings. The molecule has 94 valence electrons. The van der Waals surface area contributed by atoms with Crippen molar-refractivity contribution in [3.8, 4) is 0 Å². The van der Waals surface area contributed by atoms with Gasteiger partial charge in [-0.25, -0.2) is 8.78 Å². The van der Waals surface area contributed by atoms with Gasteiger partial charge in [-0.3, -0.25) is 0 Å². The molecule has 2 rings (SSSR count). The van der Waals surface area contributed by atoms with Gasteiger partial charge in [-0.1, -0.05) is 36.4 Å². The molecule has 0 radical (unpaired) electrons. The van der Waals surface area contributed by atoms with Crippen LogP contribution in [0.2, 0.25) is 0 Å². The van der Waals surface area contributed by atoms with Crippen molar-refractivity contribution in [3.05, 3.63) is 70.3 Å². The third-order valence-electron chi connectivity index (χ3n) is 3.16. The lowest BCUT2D eigenvalue weighted by Crippen LogP contribution is -2.16. The summed E-state index contributed by atoms with van der Waals surface area (Å²) in [5, 5.41) is 0. The van der Waals surface area contributed by atoms with Crippen molar-refractivity contribution < 1.29 is 8.78 Å². The van der Waals surface area contributed by atoms with Crippen LogP contribution in [0.1, 0.15) is 28.3 Å². The van der Waals surface area contributed by atoms with E-state index in [1.165, 1.54) is 6.92 Å². The minimum Gasteiger partial charge on any atom is -0.320 e. The fourth-order valence-corrected chi connectivity index (χ4v) is 2.00. The third-order valence-corrected chi connectivity index (χ3v) is 3.16. The average Bonchev–Trinajstić information content (AvgIpc) is 2.36. The lowest BCUT2D eigenvalue weighted by Gasteiger charge is -2.16. The highest BCUT2D eigenvalue weighted by molar-refractivity contribution is 5.38. The second-order valence-corrected chi connectivity index (χ2v) is 4.43.